The van der Waals surface area contributed by atoms with Gasteiger partial charge < -0.3 is 11.1 Å². The van der Waals surface area contributed by atoms with Gasteiger partial charge in [0.2, 0.25) is 5.91 Å². The summed E-state index contributed by atoms with van der Waals surface area (Å²) in [4.78, 5) is 11.9. The summed E-state index contributed by atoms with van der Waals surface area (Å²) in [5.74, 6) is 0.848. The second-order valence-electron chi connectivity index (χ2n) is 5.40. The van der Waals surface area contributed by atoms with Crippen molar-refractivity contribution in [3.8, 4) is 0 Å². The third-order valence-electron chi connectivity index (χ3n) is 3.91. The molecule has 1 aliphatic rings. The molecule has 1 aliphatic carbocycles. The molecule has 0 aromatic heterocycles. The van der Waals surface area contributed by atoms with Crippen LogP contribution in [0.1, 0.15) is 65.2 Å². The van der Waals surface area contributed by atoms with E-state index in [-0.39, 0.29) is 11.9 Å². The van der Waals surface area contributed by atoms with Crippen LogP contribution in [-0.2, 0) is 4.79 Å². The summed E-state index contributed by atoms with van der Waals surface area (Å²) in [5.41, 5.74) is 5.88. The van der Waals surface area contributed by atoms with E-state index in [1.807, 2.05) is 0 Å². The van der Waals surface area contributed by atoms with E-state index in [0.29, 0.717) is 6.04 Å². The molecular weight excluding hydrogens is 212 g/mol. The van der Waals surface area contributed by atoms with Crippen molar-refractivity contribution in [3.63, 3.8) is 0 Å². The normalized spacial score (nSPS) is 26.5. The Balaban J connectivity index is 2.29. The van der Waals surface area contributed by atoms with Crippen LogP contribution in [0.3, 0.4) is 0 Å². The van der Waals surface area contributed by atoms with Crippen LogP contribution in [0.5, 0.6) is 0 Å². The summed E-state index contributed by atoms with van der Waals surface area (Å²) in [6.07, 6.45) is 9.02. The lowest BCUT2D eigenvalue weighted by Crippen LogP contribution is -2.46. The van der Waals surface area contributed by atoms with Gasteiger partial charge in [0.05, 0.1) is 6.04 Å². The number of hydrogen-bond acceptors (Lipinski definition) is 2. The fourth-order valence-corrected chi connectivity index (χ4v) is 2.66. The highest BCUT2D eigenvalue weighted by Gasteiger charge is 2.23. The Morgan fingerprint density at radius 1 is 1.41 bits per heavy atom. The first-order valence-electron chi connectivity index (χ1n) is 7.23. The molecule has 3 atom stereocenters. The Kier molecular flexibility index (Phi) is 6.56. The maximum absolute atomic E-state index is 11.9. The fourth-order valence-electron chi connectivity index (χ4n) is 2.66. The largest absolute Gasteiger partial charge is 0.352 e. The Labute approximate surface area is 106 Å². The zero-order valence-corrected chi connectivity index (χ0v) is 11.4. The Morgan fingerprint density at radius 2 is 2.18 bits per heavy atom. The molecule has 100 valence electrons. The molecule has 0 aromatic rings. The molecule has 2 unspecified atom stereocenters. The van der Waals surface area contributed by atoms with E-state index in [4.69, 9.17) is 5.73 Å². The van der Waals surface area contributed by atoms with Crippen molar-refractivity contribution in [1.82, 2.24) is 5.32 Å². The summed E-state index contributed by atoms with van der Waals surface area (Å²) in [5, 5.41) is 3.13. The number of amides is 1. The molecule has 0 aromatic carbocycles. The number of nitrogens with two attached hydrogens (primary N) is 1. The Hall–Kier alpha value is -0.570. The summed E-state index contributed by atoms with van der Waals surface area (Å²) in [7, 11) is 0. The Bertz CT molecular complexity index is 230. The minimum Gasteiger partial charge on any atom is -0.352 e. The van der Waals surface area contributed by atoms with Gasteiger partial charge in [-0.3, -0.25) is 4.79 Å². The summed E-state index contributed by atoms with van der Waals surface area (Å²) in [6.45, 7) is 4.36. The molecular formula is C14H28N2O. The zero-order chi connectivity index (χ0) is 12.7. The number of carbonyl (C=O) groups excluding carboxylic acids is 1. The zero-order valence-electron chi connectivity index (χ0n) is 11.4. The minimum atomic E-state index is -0.308. The first-order chi connectivity index (χ1) is 8.17. The van der Waals surface area contributed by atoms with E-state index < -0.39 is 0 Å². The topological polar surface area (TPSA) is 55.1 Å². The van der Waals surface area contributed by atoms with Gasteiger partial charge in [0.15, 0.2) is 0 Å². The van der Waals surface area contributed by atoms with Gasteiger partial charge in [0.1, 0.15) is 0 Å². The lowest BCUT2D eigenvalue weighted by molar-refractivity contribution is -0.123. The lowest BCUT2D eigenvalue weighted by Gasteiger charge is -2.29. The third kappa shape index (κ3) is 5.07. The number of rotatable bonds is 6. The predicted molar refractivity (Wildman–Crippen MR) is 71.7 cm³/mol. The SMILES string of the molecule is CCCC[C@H](N)C(=O)NC1CCCC(CC)C1. The number of hydrogen-bond donors (Lipinski definition) is 2. The standard InChI is InChI=1S/C14H28N2O/c1-3-5-9-13(15)14(17)16-12-8-6-7-11(4-2)10-12/h11-13H,3-10,15H2,1-2H3,(H,16,17)/t11?,12?,13-/m0/s1. The van der Waals surface area contributed by atoms with E-state index in [1.165, 1.54) is 19.3 Å². The van der Waals surface area contributed by atoms with Crippen LogP contribution in [0, 0.1) is 5.92 Å². The van der Waals surface area contributed by atoms with E-state index in [0.717, 1.165) is 38.0 Å². The smallest absolute Gasteiger partial charge is 0.237 e. The summed E-state index contributed by atoms with van der Waals surface area (Å²) >= 11 is 0. The van der Waals surface area contributed by atoms with Crippen molar-refractivity contribution in [2.75, 3.05) is 0 Å². The van der Waals surface area contributed by atoms with E-state index >= 15 is 0 Å². The molecule has 0 aliphatic heterocycles. The van der Waals surface area contributed by atoms with Crippen LogP contribution in [0.15, 0.2) is 0 Å². The van der Waals surface area contributed by atoms with Gasteiger partial charge >= 0.3 is 0 Å². The third-order valence-corrected chi connectivity index (χ3v) is 3.91. The predicted octanol–water partition coefficient (Wildman–Crippen LogP) is 2.59. The highest BCUT2D eigenvalue weighted by atomic mass is 16.2. The lowest BCUT2D eigenvalue weighted by atomic mass is 9.84. The maximum Gasteiger partial charge on any atom is 0.237 e. The first kappa shape index (κ1) is 14.5. The summed E-state index contributed by atoms with van der Waals surface area (Å²) < 4.78 is 0. The molecule has 3 N–H and O–H groups in total. The first-order valence-corrected chi connectivity index (χ1v) is 7.23. The molecule has 0 bridgehead atoms. The van der Waals surface area contributed by atoms with Gasteiger partial charge in [-0.2, -0.15) is 0 Å². The monoisotopic (exact) mass is 240 g/mol. The molecule has 1 fully saturated rings. The molecule has 0 saturated heterocycles. The molecule has 0 spiro atoms. The highest BCUT2D eigenvalue weighted by Crippen LogP contribution is 2.26. The van der Waals surface area contributed by atoms with Crippen LogP contribution < -0.4 is 11.1 Å². The molecule has 3 nitrogen and oxygen atoms in total. The quantitative estimate of drug-likeness (QED) is 0.750. The van der Waals surface area contributed by atoms with Crippen molar-refractivity contribution in [1.29, 1.82) is 0 Å². The van der Waals surface area contributed by atoms with Gasteiger partial charge in [0.25, 0.3) is 0 Å². The van der Waals surface area contributed by atoms with E-state index in [2.05, 4.69) is 19.2 Å². The average Bonchev–Trinajstić information content (AvgIpc) is 2.36. The fraction of sp³-hybridized carbons (Fsp3) is 0.929. The molecule has 0 radical (unpaired) electrons. The molecule has 3 heteroatoms. The number of carbonyl (C=O) groups is 1. The minimum absolute atomic E-state index is 0.0557. The van der Waals surface area contributed by atoms with Gasteiger partial charge in [-0.1, -0.05) is 46.0 Å². The van der Waals surface area contributed by atoms with Crippen LogP contribution in [0.25, 0.3) is 0 Å². The molecule has 0 heterocycles. The molecule has 1 amide bonds. The van der Waals surface area contributed by atoms with Gasteiger partial charge in [-0.05, 0) is 25.2 Å². The van der Waals surface area contributed by atoms with Crippen LogP contribution in [0.2, 0.25) is 0 Å². The number of nitrogens with one attached hydrogen (secondary N) is 1. The second kappa shape index (κ2) is 7.70. The van der Waals surface area contributed by atoms with Crippen molar-refractivity contribution >= 4 is 5.91 Å². The van der Waals surface area contributed by atoms with Crippen molar-refractivity contribution in [2.45, 2.75) is 77.3 Å². The van der Waals surface area contributed by atoms with Gasteiger partial charge in [0, 0.05) is 6.04 Å². The molecule has 1 rings (SSSR count). The highest BCUT2D eigenvalue weighted by molar-refractivity contribution is 5.81. The van der Waals surface area contributed by atoms with Crippen molar-refractivity contribution in [2.24, 2.45) is 11.7 Å². The van der Waals surface area contributed by atoms with Gasteiger partial charge in [-0.15, -0.1) is 0 Å². The van der Waals surface area contributed by atoms with Crippen LogP contribution in [-0.4, -0.2) is 18.0 Å². The van der Waals surface area contributed by atoms with Crippen LogP contribution >= 0.6 is 0 Å². The molecule has 17 heavy (non-hydrogen) atoms. The van der Waals surface area contributed by atoms with Gasteiger partial charge in [-0.25, -0.2) is 0 Å². The van der Waals surface area contributed by atoms with E-state index in [9.17, 15) is 4.79 Å². The van der Waals surface area contributed by atoms with Crippen molar-refractivity contribution in [3.05, 3.63) is 0 Å². The van der Waals surface area contributed by atoms with Crippen molar-refractivity contribution < 1.29 is 4.79 Å². The van der Waals surface area contributed by atoms with Crippen LogP contribution in [0.4, 0.5) is 0 Å². The summed E-state index contributed by atoms with van der Waals surface area (Å²) in [6, 6.07) is 0.0610. The number of unbranched alkanes of at least 4 members (excludes halogenated alkanes) is 1. The second-order valence-corrected chi connectivity index (χ2v) is 5.40. The Morgan fingerprint density at radius 3 is 2.82 bits per heavy atom. The molecule has 1 saturated carbocycles. The average molecular weight is 240 g/mol. The van der Waals surface area contributed by atoms with E-state index in [1.54, 1.807) is 0 Å². The maximum atomic E-state index is 11.9.